The van der Waals surface area contributed by atoms with Gasteiger partial charge in [0.2, 0.25) is 5.89 Å². The maximum Gasteiger partial charge on any atom is 0.244 e. The Bertz CT molecular complexity index is 608. The smallest absolute Gasteiger partial charge is 0.244 e. The van der Waals surface area contributed by atoms with Crippen molar-refractivity contribution in [1.82, 2.24) is 10.1 Å². The first-order chi connectivity index (χ1) is 9.26. The molecule has 1 fully saturated rings. The minimum Gasteiger partial charge on any atom is -0.338 e. The second kappa shape index (κ2) is 4.52. The Labute approximate surface area is 112 Å². The fraction of sp³-hybridized carbons (Fsp3) is 0.333. The van der Waals surface area contributed by atoms with E-state index in [4.69, 9.17) is 16.7 Å². The molecule has 0 spiro atoms. The third-order valence-electron chi connectivity index (χ3n) is 3.60. The highest BCUT2D eigenvalue weighted by Crippen LogP contribution is 2.52. The first-order valence-electron chi connectivity index (χ1n) is 6.35. The third kappa shape index (κ3) is 2.02. The Morgan fingerprint density at radius 1 is 1.37 bits per heavy atom. The number of rotatable bonds is 4. The van der Waals surface area contributed by atoms with Crippen LogP contribution in [0, 0.1) is 12.3 Å². The topological polar surface area (TPSA) is 64.9 Å². The molecule has 1 heterocycles. The van der Waals surface area contributed by atoms with Crippen LogP contribution in [0.2, 0.25) is 0 Å². The molecule has 1 unspecified atom stereocenters. The molecule has 0 saturated heterocycles. The van der Waals surface area contributed by atoms with E-state index in [1.54, 1.807) is 0 Å². The molecule has 0 amide bonds. The second-order valence-electron chi connectivity index (χ2n) is 4.92. The first kappa shape index (κ1) is 11.9. The molecule has 2 aromatic rings. The molecule has 1 aromatic heterocycles. The van der Waals surface area contributed by atoms with Gasteiger partial charge in [0, 0.05) is 6.42 Å². The van der Waals surface area contributed by atoms with Gasteiger partial charge in [-0.15, -0.1) is 12.3 Å². The van der Waals surface area contributed by atoms with Gasteiger partial charge >= 0.3 is 0 Å². The van der Waals surface area contributed by atoms with Crippen molar-refractivity contribution >= 4 is 0 Å². The zero-order valence-electron chi connectivity index (χ0n) is 10.5. The molecule has 2 N–H and O–H groups in total. The number of benzene rings is 1. The van der Waals surface area contributed by atoms with Crippen molar-refractivity contribution in [2.45, 2.75) is 30.7 Å². The van der Waals surface area contributed by atoms with Gasteiger partial charge in [-0.2, -0.15) is 4.98 Å². The summed E-state index contributed by atoms with van der Waals surface area (Å²) in [5.41, 5.74) is 7.03. The Morgan fingerprint density at radius 2 is 2.11 bits per heavy atom. The van der Waals surface area contributed by atoms with E-state index in [0.717, 1.165) is 18.7 Å². The Hall–Kier alpha value is -2.12. The SMILES string of the molecule is C#CCC(N)c1nc(C2(c3ccccc3)CC2)no1. The molecule has 96 valence electrons. The van der Waals surface area contributed by atoms with Crippen molar-refractivity contribution in [2.75, 3.05) is 0 Å². The van der Waals surface area contributed by atoms with Crippen molar-refractivity contribution in [3.8, 4) is 12.3 Å². The summed E-state index contributed by atoms with van der Waals surface area (Å²) in [5, 5.41) is 4.10. The summed E-state index contributed by atoms with van der Waals surface area (Å²) in [5.74, 6) is 3.66. The molecule has 1 atom stereocenters. The standard InChI is InChI=1S/C15H15N3O/c1-2-6-12(16)13-17-14(18-19-13)15(9-10-15)11-7-4-3-5-8-11/h1,3-5,7-8,12H,6,9-10,16H2. The van der Waals surface area contributed by atoms with Gasteiger partial charge in [-0.05, 0) is 18.4 Å². The number of aromatic nitrogens is 2. The maximum absolute atomic E-state index is 5.88. The lowest BCUT2D eigenvalue weighted by molar-refractivity contribution is 0.350. The van der Waals surface area contributed by atoms with Crippen LogP contribution in [-0.2, 0) is 5.41 Å². The molecule has 0 bridgehead atoms. The predicted octanol–water partition coefficient (Wildman–Crippen LogP) is 2.17. The van der Waals surface area contributed by atoms with E-state index in [2.05, 4.69) is 28.2 Å². The van der Waals surface area contributed by atoms with Crippen LogP contribution in [0.5, 0.6) is 0 Å². The van der Waals surface area contributed by atoms with Crippen molar-refractivity contribution in [2.24, 2.45) is 5.73 Å². The van der Waals surface area contributed by atoms with Crippen LogP contribution >= 0.6 is 0 Å². The summed E-state index contributed by atoms with van der Waals surface area (Å²) in [7, 11) is 0. The molecule has 0 aliphatic heterocycles. The van der Waals surface area contributed by atoms with Gasteiger partial charge in [0.1, 0.15) is 0 Å². The van der Waals surface area contributed by atoms with Crippen LogP contribution < -0.4 is 5.73 Å². The van der Waals surface area contributed by atoms with Gasteiger partial charge in [0.05, 0.1) is 11.5 Å². The van der Waals surface area contributed by atoms with E-state index in [1.807, 2.05) is 18.2 Å². The number of nitrogens with zero attached hydrogens (tertiary/aromatic N) is 2. The van der Waals surface area contributed by atoms with Crippen molar-refractivity contribution < 1.29 is 4.52 Å². The van der Waals surface area contributed by atoms with Crippen LogP contribution in [0.25, 0.3) is 0 Å². The molecular formula is C15H15N3O. The Balaban J connectivity index is 1.90. The molecule has 19 heavy (non-hydrogen) atoms. The van der Waals surface area contributed by atoms with E-state index in [9.17, 15) is 0 Å². The van der Waals surface area contributed by atoms with E-state index in [1.165, 1.54) is 5.56 Å². The van der Waals surface area contributed by atoms with Gasteiger partial charge < -0.3 is 10.3 Å². The van der Waals surface area contributed by atoms with Gasteiger partial charge in [-0.3, -0.25) is 0 Å². The van der Waals surface area contributed by atoms with E-state index in [0.29, 0.717) is 12.3 Å². The van der Waals surface area contributed by atoms with Gasteiger partial charge in [-0.25, -0.2) is 0 Å². The predicted molar refractivity (Wildman–Crippen MR) is 71.1 cm³/mol. The average Bonchev–Trinajstić information content (AvgIpc) is 3.10. The molecule has 1 aromatic carbocycles. The van der Waals surface area contributed by atoms with E-state index < -0.39 is 0 Å². The molecular weight excluding hydrogens is 238 g/mol. The van der Waals surface area contributed by atoms with Crippen LogP contribution in [0.15, 0.2) is 34.9 Å². The van der Waals surface area contributed by atoms with Crippen molar-refractivity contribution in [3.63, 3.8) is 0 Å². The lowest BCUT2D eigenvalue weighted by atomic mass is 9.95. The van der Waals surface area contributed by atoms with Crippen LogP contribution in [0.4, 0.5) is 0 Å². The molecule has 0 radical (unpaired) electrons. The molecule has 4 heteroatoms. The molecule has 3 rings (SSSR count). The van der Waals surface area contributed by atoms with E-state index in [-0.39, 0.29) is 11.5 Å². The number of hydrogen-bond acceptors (Lipinski definition) is 4. The van der Waals surface area contributed by atoms with Crippen LogP contribution in [-0.4, -0.2) is 10.1 Å². The number of terminal acetylenes is 1. The normalized spacial score (nSPS) is 17.7. The van der Waals surface area contributed by atoms with Gasteiger partial charge in [0.15, 0.2) is 5.82 Å². The number of nitrogens with two attached hydrogens (primary N) is 1. The average molecular weight is 253 g/mol. The zero-order chi connectivity index (χ0) is 13.3. The highest BCUT2D eigenvalue weighted by Gasteiger charge is 2.50. The van der Waals surface area contributed by atoms with Crippen LogP contribution in [0.3, 0.4) is 0 Å². The lowest BCUT2D eigenvalue weighted by Gasteiger charge is -2.10. The number of hydrogen-bond donors (Lipinski definition) is 1. The summed E-state index contributed by atoms with van der Waals surface area (Å²) in [6.07, 6.45) is 7.73. The van der Waals surface area contributed by atoms with Crippen molar-refractivity contribution in [1.29, 1.82) is 0 Å². The largest absolute Gasteiger partial charge is 0.338 e. The summed E-state index contributed by atoms with van der Waals surface area (Å²) in [6.45, 7) is 0. The highest BCUT2D eigenvalue weighted by atomic mass is 16.5. The summed E-state index contributed by atoms with van der Waals surface area (Å²) >= 11 is 0. The second-order valence-corrected chi connectivity index (χ2v) is 4.92. The Kier molecular flexibility index (Phi) is 2.84. The van der Waals surface area contributed by atoms with Gasteiger partial charge in [-0.1, -0.05) is 35.5 Å². The van der Waals surface area contributed by atoms with Crippen molar-refractivity contribution in [3.05, 3.63) is 47.6 Å². The molecule has 1 saturated carbocycles. The fourth-order valence-corrected chi connectivity index (χ4v) is 2.32. The first-order valence-corrected chi connectivity index (χ1v) is 6.35. The monoisotopic (exact) mass is 253 g/mol. The van der Waals surface area contributed by atoms with Gasteiger partial charge in [0.25, 0.3) is 0 Å². The lowest BCUT2D eigenvalue weighted by Crippen LogP contribution is -2.13. The molecule has 1 aliphatic carbocycles. The Morgan fingerprint density at radius 3 is 2.74 bits per heavy atom. The summed E-state index contributed by atoms with van der Waals surface area (Å²) < 4.78 is 5.25. The third-order valence-corrected chi connectivity index (χ3v) is 3.60. The minimum atomic E-state index is -0.377. The highest BCUT2D eigenvalue weighted by molar-refractivity contribution is 5.38. The zero-order valence-corrected chi connectivity index (χ0v) is 10.5. The van der Waals surface area contributed by atoms with Crippen LogP contribution in [0.1, 0.15) is 42.6 Å². The summed E-state index contributed by atoms with van der Waals surface area (Å²) in [4.78, 5) is 4.44. The molecule has 4 nitrogen and oxygen atoms in total. The quantitative estimate of drug-likeness (QED) is 0.848. The fourth-order valence-electron chi connectivity index (χ4n) is 2.32. The minimum absolute atomic E-state index is 0.0845. The maximum atomic E-state index is 5.88. The molecule has 1 aliphatic rings. The summed E-state index contributed by atoms with van der Waals surface area (Å²) in [6, 6.07) is 9.89. The van der Waals surface area contributed by atoms with E-state index >= 15 is 0 Å².